The second-order valence-corrected chi connectivity index (χ2v) is 5.89. The van der Waals surface area contributed by atoms with Gasteiger partial charge in [-0.3, -0.25) is 9.20 Å². The summed E-state index contributed by atoms with van der Waals surface area (Å²) in [6, 6.07) is 15.1. The molecule has 0 aliphatic rings. The lowest BCUT2D eigenvalue weighted by Crippen LogP contribution is -2.15. The zero-order valence-electron chi connectivity index (χ0n) is 11.9. The SMILES string of the molecule is O=C(Nc1ccccc1Br)c1nc2ccccc2n2cncc12. The molecule has 0 aliphatic carbocycles. The van der Waals surface area contributed by atoms with Crippen LogP contribution in [0.3, 0.4) is 0 Å². The summed E-state index contributed by atoms with van der Waals surface area (Å²) in [6.07, 6.45) is 3.34. The van der Waals surface area contributed by atoms with Crippen LogP contribution in [0, 0.1) is 0 Å². The fraction of sp³-hybridized carbons (Fsp3) is 0. The van der Waals surface area contributed by atoms with Gasteiger partial charge in [-0.15, -0.1) is 0 Å². The smallest absolute Gasteiger partial charge is 0.276 e. The van der Waals surface area contributed by atoms with E-state index in [1.807, 2.05) is 52.9 Å². The number of nitrogens with one attached hydrogen (secondary N) is 1. The predicted molar refractivity (Wildman–Crippen MR) is 92.6 cm³/mol. The third-order valence-electron chi connectivity index (χ3n) is 3.59. The molecular formula is C17H11BrN4O. The van der Waals surface area contributed by atoms with Crippen molar-refractivity contribution in [3.8, 4) is 0 Å². The molecule has 2 heterocycles. The van der Waals surface area contributed by atoms with Gasteiger partial charge in [-0.2, -0.15) is 0 Å². The van der Waals surface area contributed by atoms with Gasteiger partial charge in [0.05, 0.1) is 34.8 Å². The number of benzene rings is 2. The number of hydrogen-bond donors (Lipinski definition) is 1. The first-order valence-electron chi connectivity index (χ1n) is 7.01. The Hall–Kier alpha value is -2.73. The molecule has 112 valence electrons. The van der Waals surface area contributed by atoms with Crippen molar-refractivity contribution in [3.63, 3.8) is 0 Å². The Kier molecular flexibility index (Phi) is 3.31. The third kappa shape index (κ3) is 2.37. The van der Waals surface area contributed by atoms with Gasteiger partial charge >= 0.3 is 0 Å². The summed E-state index contributed by atoms with van der Waals surface area (Å²) in [4.78, 5) is 21.4. The highest BCUT2D eigenvalue weighted by Crippen LogP contribution is 2.23. The van der Waals surface area contributed by atoms with Crippen LogP contribution >= 0.6 is 15.9 Å². The van der Waals surface area contributed by atoms with Crippen LogP contribution in [0.1, 0.15) is 10.5 Å². The van der Waals surface area contributed by atoms with Crippen molar-refractivity contribution in [2.24, 2.45) is 0 Å². The summed E-state index contributed by atoms with van der Waals surface area (Å²) in [7, 11) is 0. The first kappa shape index (κ1) is 13.9. The maximum absolute atomic E-state index is 12.7. The largest absolute Gasteiger partial charge is 0.320 e. The summed E-state index contributed by atoms with van der Waals surface area (Å²) < 4.78 is 2.69. The van der Waals surface area contributed by atoms with Gasteiger partial charge in [-0.05, 0) is 40.2 Å². The summed E-state index contributed by atoms with van der Waals surface area (Å²) in [6.45, 7) is 0. The van der Waals surface area contributed by atoms with Crippen LogP contribution in [0.15, 0.2) is 65.5 Å². The monoisotopic (exact) mass is 366 g/mol. The highest BCUT2D eigenvalue weighted by molar-refractivity contribution is 9.10. The Morgan fingerprint density at radius 3 is 2.70 bits per heavy atom. The van der Waals surface area contributed by atoms with Gasteiger partial charge in [0, 0.05) is 4.47 Å². The summed E-state index contributed by atoms with van der Waals surface area (Å²) >= 11 is 3.43. The van der Waals surface area contributed by atoms with Gasteiger partial charge in [0.15, 0.2) is 5.69 Å². The first-order valence-corrected chi connectivity index (χ1v) is 7.80. The quantitative estimate of drug-likeness (QED) is 0.585. The normalized spacial score (nSPS) is 11.0. The van der Waals surface area contributed by atoms with E-state index in [0.717, 1.165) is 15.5 Å². The molecule has 1 amide bonds. The molecule has 2 aromatic heterocycles. The van der Waals surface area contributed by atoms with E-state index in [2.05, 4.69) is 31.2 Å². The molecule has 5 nitrogen and oxygen atoms in total. The van der Waals surface area contributed by atoms with Crippen molar-refractivity contribution in [1.82, 2.24) is 14.4 Å². The van der Waals surface area contributed by atoms with Gasteiger partial charge in [0.1, 0.15) is 0 Å². The van der Waals surface area contributed by atoms with Crippen molar-refractivity contribution in [2.45, 2.75) is 0 Å². The lowest BCUT2D eigenvalue weighted by molar-refractivity contribution is 0.102. The van der Waals surface area contributed by atoms with Crippen LogP contribution in [0.2, 0.25) is 0 Å². The molecule has 6 heteroatoms. The fourth-order valence-electron chi connectivity index (χ4n) is 2.51. The molecule has 0 spiro atoms. The van der Waals surface area contributed by atoms with E-state index in [1.165, 1.54) is 0 Å². The summed E-state index contributed by atoms with van der Waals surface area (Å²) in [5.41, 5.74) is 3.38. The number of nitrogens with zero attached hydrogens (tertiary/aromatic N) is 3. The number of halogens is 1. The highest BCUT2D eigenvalue weighted by Gasteiger charge is 2.16. The van der Waals surface area contributed by atoms with E-state index in [0.29, 0.717) is 16.9 Å². The number of amides is 1. The molecule has 4 aromatic rings. The topological polar surface area (TPSA) is 59.3 Å². The predicted octanol–water partition coefficient (Wildman–Crippen LogP) is 3.90. The molecule has 23 heavy (non-hydrogen) atoms. The van der Waals surface area contributed by atoms with Gasteiger partial charge in [0.2, 0.25) is 0 Å². The Labute approximate surface area is 140 Å². The Morgan fingerprint density at radius 1 is 1.04 bits per heavy atom. The second-order valence-electron chi connectivity index (χ2n) is 5.03. The molecular weight excluding hydrogens is 356 g/mol. The minimum atomic E-state index is -0.270. The number of rotatable bonds is 2. The van der Waals surface area contributed by atoms with E-state index in [-0.39, 0.29) is 5.91 Å². The lowest BCUT2D eigenvalue weighted by atomic mass is 10.2. The number of fused-ring (bicyclic) bond motifs is 3. The van der Waals surface area contributed by atoms with Crippen LogP contribution in [0.5, 0.6) is 0 Å². The number of para-hydroxylation sites is 3. The van der Waals surface area contributed by atoms with Gasteiger partial charge in [-0.25, -0.2) is 9.97 Å². The van der Waals surface area contributed by atoms with Crippen LogP contribution in [-0.2, 0) is 0 Å². The van der Waals surface area contributed by atoms with Crippen LogP contribution in [0.4, 0.5) is 5.69 Å². The van der Waals surface area contributed by atoms with Crippen molar-refractivity contribution in [1.29, 1.82) is 0 Å². The second kappa shape index (κ2) is 5.48. The number of anilines is 1. The van der Waals surface area contributed by atoms with E-state index in [1.54, 1.807) is 12.5 Å². The van der Waals surface area contributed by atoms with Crippen LogP contribution in [-0.4, -0.2) is 20.3 Å². The average Bonchev–Trinajstić information content (AvgIpc) is 3.06. The Balaban J connectivity index is 1.85. The summed E-state index contributed by atoms with van der Waals surface area (Å²) in [5.74, 6) is -0.270. The molecule has 0 atom stereocenters. The van der Waals surface area contributed by atoms with E-state index in [4.69, 9.17) is 0 Å². The van der Waals surface area contributed by atoms with E-state index < -0.39 is 0 Å². The van der Waals surface area contributed by atoms with Crippen molar-refractivity contribution in [2.75, 3.05) is 5.32 Å². The van der Waals surface area contributed by atoms with Crippen molar-refractivity contribution < 1.29 is 4.79 Å². The fourth-order valence-corrected chi connectivity index (χ4v) is 2.90. The molecule has 4 rings (SSSR count). The molecule has 0 saturated heterocycles. The Bertz CT molecular complexity index is 1040. The molecule has 1 N–H and O–H groups in total. The molecule has 0 aliphatic heterocycles. The van der Waals surface area contributed by atoms with Gasteiger partial charge < -0.3 is 5.32 Å². The highest BCUT2D eigenvalue weighted by atomic mass is 79.9. The standard InChI is InChI=1S/C17H11BrN4O/c18-11-5-1-2-6-12(11)21-17(23)16-15-9-19-10-22(15)14-8-4-3-7-13(14)20-16/h1-10H,(H,21,23). The van der Waals surface area contributed by atoms with Crippen molar-refractivity contribution in [3.05, 3.63) is 71.2 Å². The number of carbonyl (C=O) groups excluding carboxylic acids is 1. The molecule has 0 fully saturated rings. The number of hydrogen-bond acceptors (Lipinski definition) is 3. The minimum Gasteiger partial charge on any atom is -0.320 e. The van der Waals surface area contributed by atoms with Crippen LogP contribution < -0.4 is 5.32 Å². The van der Waals surface area contributed by atoms with Gasteiger partial charge in [-0.1, -0.05) is 24.3 Å². The molecule has 0 saturated carbocycles. The molecule has 0 radical (unpaired) electrons. The van der Waals surface area contributed by atoms with Crippen molar-refractivity contribution >= 4 is 44.1 Å². The number of aromatic nitrogens is 3. The lowest BCUT2D eigenvalue weighted by Gasteiger charge is -2.09. The summed E-state index contributed by atoms with van der Waals surface area (Å²) in [5, 5.41) is 2.88. The molecule has 2 aromatic carbocycles. The van der Waals surface area contributed by atoms with Crippen LogP contribution in [0.25, 0.3) is 16.6 Å². The maximum atomic E-state index is 12.7. The first-order chi connectivity index (χ1) is 11.2. The number of carbonyl (C=O) groups is 1. The molecule has 0 bridgehead atoms. The van der Waals surface area contributed by atoms with Gasteiger partial charge in [0.25, 0.3) is 5.91 Å². The minimum absolute atomic E-state index is 0.270. The maximum Gasteiger partial charge on any atom is 0.276 e. The third-order valence-corrected chi connectivity index (χ3v) is 4.28. The molecule has 0 unspecified atom stereocenters. The van der Waals surface area contributed by atoms with E-state index in [9.17, 15) is 4.79 Å². The number of imidazole rings is 1. The Morgan fingerprint density at radius 2 is 1.83 bits per heavy atom. The average molecular weight is 367 g/mol. The van der Waals surface area contributed by atoms with E-state index >= 15 is 0 Å². The zero-order chi connectivity index (χ0) is 15.8. The zero-order valence-corrected chi connectivity index (χ0v) is 13.5.